The molecule has 6 nitrogen and oxygen atoms in total. The van der Waals surface area contributed by atoms with E-state index >= 15 is 0 Å². The van der Waals surface area contributed by atoms with E-state index in [0.29, 0.717) is 16.4 Å². The molecule has 168 valence electrons. The topological polar surface area (TPSA) is 89.3 Å². The molecule has 0 radical (unpaired) electrons. The Balaban J connectivity index is 1.63. The Morgan fingerprint density at radius 2 is 1.81 bits per heavy atom. The number of thioether (sulfide) groups is 1. The summed E-state index contributed by atoms with van der Waals surface area (Å²) in [6.45, 7) is 6.84. The van der Waals surface area contributed by atoms with Gasteiger partial charge < -0.3 is 5.32 Å². The molecule has 0 aliphatic heterocycles. The van der Waals surface area contributed by atoms with Gasteiger partial charge in [0.25, 0.3) is 11.6 Å². The molecule has 1 amide bonds. The number of nitro groups is 1. The molecule has 2 aliphatic carbocycles. The number of carbonyl (C=O) groups is 2. The van der Waals surface area contributed by atoms with Crippen LogP contribution in [0.4, 0.5) is 5.69 Å². The zero-order valence-corrected chi connectivity index (χ0v) is 19.6. The summed E-state index contributed by atoms with van der Waals surface area (Å²) in [6.07, 6.45) is 4.98. The minimum Gasteiger partial charge on any atom is -0.349 e. The summed E-state index contributed by atoms with van der Waals surface area (Å²) in [5.41, 5.74) is 0.839. The molecule has 1 N–H and O–H groups in total. The molecule has 3 atom stereocenters. The first kappa shape index (κ1) is 22.5. The zero-order chi connectivity index (χ0) is 23.3. The van der Waals surface area contributed by atoms with Crippen LogP contribution in [0.15, 0.2) is 47.4 Å². The van der Waals surface area contributed by atoms with Crippen molar-refractivity contribution < 1.29 is 14.5 Å². The molecule has 0 saturated heterocycles. The second-order valence-electron chi connectivity index (χ2n) is 9.65. The number of nitrogens with zero attached hydrogens (tertiary/aromatic N) is 1. The first-order valence-electron chi connectivity index (χ1n) is 10.9. The van der Waals surface area contributed by atoms with Crippen LogP contribution in [-0.4, -0.2) is 28.9 Å². The maximum atomic E-state index is 13.3. The van der Waals surface area contributed by atoms with Gasteiger partial charge in [0.2, 0.25) is 0 Å². The number of amides is 1. The summed E-state index contributed by atoms with van der Waals surface area (Å²) < 4.78 is 0. The van der Waals surface area contributed by atoms with Crippen molar-refractivity contribution in [2.45, 2.75) is 51.0 Å². The predicted molar refractivity (Wildman–Crippen MR) is 125 cm³/mol. The van der Waals surface area contributed by atoms with Crippen molar-refractivity contribution in [1.82, 2.24) is 5.32 Å². The Morgan fingerprint density at radius 3 is 2.38 bits per heavy atom. The second-order valence-corrected chi connectivity index (χ2v) is 10.5. The fraction of sp³-hybridized carbons (Fsp3) is 0.440. The van der Waals surface area contributed by atoms with Crippen molar-refractivity contribution in [3.63, 3.8) is 0 Å². The van der Waals surface area contributed by atoms with Gasteiger partial charge in [0.05, 0.1) is 15.4 Å². The second kappa shape index (κ2) is 8.03. The number of fused-ring (bicyclic) bond motifs is 2. The van der Waals surface area contributed by atoms with Gasteiger partial charge in [-0.15, -0.1) is 11.8 Å². The summed E-state index contributed by atoms with van der Waals surface area (Å²) in [4.78, 5) is 38.0. The van der Waals surface area contributed by atoms with E-state index < -0.39 is 10.7 Å². The number of nitrogens with one attached hydrogen (secondary N) is 1. The van der Waals surface area contributed by atoms with Crippen LogP contribution in [0.3, 0.4) is 0 Å². The van der Waals surface area contributed by atoms with Crippen molar-refractivity contribution in [2.75, 3.05) is 6.26 Å². The molecule has 2 aromatic carbocycles. The normalized spacial score (nSPS) is 25.5. The lowest BCUT2D eigenvalue weighted by Crippen LogP contribution is -2.47. The third-order valence-corrected chi connectivity index (χ3v) is 8.94. The van der Waals surface area contributed by atoms with Gasteiger partial charge in [-0.25, -0.2) is 0 Å². The van der Waals surface area contributed by atoms with Crippen molar-refractivity contribution in [3.05, 3.63) is 69.3 Å². The Bertz CT molecular complexity index is 1110. The Morgan fingerprint density at radius 1 is 1.12 bits per heavy atom. The maximum Gasteiger partial charge on any atom is 0.283 e. The largest absolute Gasteiger partial charge is 0.349 e. The van der Waals surface area contributed by atoms with Gasteiger partial charge in [-0.1, -0.05) is 39.0 Å². The van der Waals surface area contributed by atoms with Crippen LogP contribution < -0.4 is 5.32 Å². The van der Waals surface area contributed by atoms with Crippen LogP contribution in [0.25, 0.3) is 0 Å². The highest BCUT2D eigenvalue weighted by atomic mass is 32.2. The molecule has 3 unspecified atom stereocenters. The molecule has 2 fully saturated rings. The molecule has 4 rings (SSSR count). The lowest BCUT2D eigenvalue weighted by molar-refractivity contribution is -0.387. The average Bonchev–Trinajstić information content (AvgIpc) is 3.11. The van der Waals surface area contributed by atoms with E-state index in [9.17, 15) is 19.7 Å². The first-order chi connectivity index (χ1) is 15.1. The number of nitro benzene ring substituents is 1. The molecular weight excluding hydrogens is 424 g/mol. The highest BCUT2D eigenvalue weighted by Crippen LogP contribution is 2.65. The van der Waals surface area contributed by atoms with Crippen LogP contribution in [-0.2, 0) is 0 Å². The number of hydrogen-bond acceptors (Lipinski definition) is 5. The number of ketones is 1. The zero-order valence-electron chi connectivity index (χ0n) is 18.8. The van der Waals surface area contributed by atoms with Crippen LogP contribution in [0.1, 0.15) is 66.3 Å². The first-order valence-corrected chi connectivity index (χ1v) is 12.1. The van der Waals surface area contributed by atoms with Gasteiger partial charge in [-0.2, -0.15) is 0 Å². The lowest BCUT2D eigenvalue weighted by Gasteiger charge is -2.39. The highest BCUT2D eigenvalue weighted by molar-refractivity contribution is 7.98. The molecule has 2 aliphatic rings. The molecule has 0 spiro atoms. The van der Waals surface area contributed by atoms with Crippen molar-refractivity contribution in [3.8, 4) is 0 Å². The van der Waals surface area contributed by atoms with Crippen LogP contribution >= 0.6 is 11.8 Å². The van der Waals surface area contributed by atoms with Crippen LogP contribution in [0.5, 0.6) is 0 Å². The van der Waals surface area contributed by atoms with Crippen molar-refractivity contribution in [1.29, 1.82) is 0 Å². The van der Waals surface area contributed by atoms with E-state index in [0.717, 1.165) is 12.8 Å². The number of benzene rings is 2. The fourth-order valence-electron chi connectivity index (χ4n) is 5.67. The van der Waals surface area contributed by atoms with Gasteiger partial charge in [0.1, 0.15) is 0 Å². The molecule has 2 bridgehead atoms. The van der Waals surface area contributed by atoms with Crippen LogP contribution in [0, 0.1) is 26.9 Å². The summed E-state index contributed by atoms with van der Waals surface area (Å²) in [5, 5.41) is 14.6. The quantitative estimate of drug-likeness (QED) is 0.271. The molecule has 32 heavy (non-hydrogen) atoms. The monoisotopic (exact) mass is 452 g/mol. The third-order valence-electron chi connectivity index (χ3n) is 8.15. The van der Waals surface area contributed by atoms with E-state index in [-0.39, 0.29) is 39.6 Å². The fourth-order valence-corrected chi connectivity index (χ4v) is 6.21. The minimum atomic E-state index is -0.487. The average molecular weight is 453 g/mol. The summed E-state index contributed by atoms with van der Waals surface area (Å²) in [6, 6.07) is 11.2. The SMILES string of the molecule is CSc1ccc(C(=O)c2ccccc2C(=O)NC2CC3CCC2(C)C3(C)C)cc1[N+](=O)[O-]. The minimum absolute atomic E-state index is 0.0283. The highest BCUT2D eigenvalue weighted by Gasteiger charge is 2.61. The number of hydrogen-bond donors (Lipinski definition) is 1. The number of rotatable bonds is 6. The standard InChI is InChI=1S/C25H28N2O4S/c1-24(2)16-11-12-25(24,3)21(14-16)26-23(29)18-8-6-5-7-17(18)22(28)15-9-10-20(32-4)19(13-15)27(30)31/h5-10,13,16,21H,11-12,14H2,1-4H3,(H,26,29). The number of carbonyl (C=O) groups excluding carboxylic acids is 2. The summed E-state index contributed by atoms with van der Waals surface area (Å²) in [5.74, 6) is -0.0741. The smallest absolute Gasteiger partial charge is 0.283 e. The van der Waals surface area contributed by atoms with Crippen molar-refractivity contribution in [2.24, 2.45) is 16.7 Å². The maximum absolute atomic E-state index is 13.3. The molecule has 0 aromatic heterocycles. The molecule has 7 heteroatoms. The van der Waals surface area contributed by atoms with E-state index in [1.165, 1.54) is 24.2 Å². The van der Waals surface area contributed by atoms with E-state index in [1.54, 1.807) is 42.7 Å². The molecule has 2 saturated carbocycles. The molecule has 0 heterocycles. The van der Waals surface area contributed by atoms with E-state index in [2.05, 4.69) is 26.1 Å². The van der Waals surface area contributed by atoms with Gasteiger partial charge in [0, 0.05) is 23.2 Å². The van der Waals surface area contributed by atoms with Crippen molar-refractivity contribution >= 4 is 29.1 Å². The molecule has 2 aromatic rings. The van der Waals surface area contributed by atoms with Gasteiger partial charge >= 0.3 is 0 Å². The Kier molecular flexibility index (Phi) is 5.65. The van der Waals surface area contributed by atoms with E-state index in [1.807, 2.05) is 0 Å². The predicted octanol–water partition coefficient (Wildman–Crippen LogP) is 5.49. The Hall–Kier alpha value is -2.67. The summed E-state index contributed by atoms with van der Waals surface area (Å²) in [7, 11) is 0. The summed E-state index contributed by atoms with van der Waals surface area (Å²) >= 11 is 1.25. The van der Waals surface area contributed by atoms with Gasteiger partial charge in [0.15, 0.2) is 5.78 Å². The lowest BCUT2D eigenvalue weighted by atomic mass is 9.69. The van der Waals surface area contributed by atoms with Gasteiger partial charge in [-0.3, -0.25) is 19.7 Å². The van der Waals surface area contributed by atoms with E-state index in [4.69, 9.17) is 0 Å². The van der Waals surface area contributed by atoms with Crippen LogP contribution in [0.2, 0.25) is 0 Å². The third kappa shape index (κ3) is 3.43. The Labute approximate surface area is 192 Å². The van der Waals surface area contributed by atoms with Gasteiger partial charge in [-0.05, 0) is 60.5 Å². The molecular formula is C25H28N2O4S.